The van der Waals surface area contributed by atoms with Gasteiger partial charge in [-0.1, -0.05) is 12.8 Å². The molecule has 0 spiro atoms. The maximum absolute atomic E-state index is 11.2. The Morgan fingerprint density at radius 1 is 1.21 bits per heavy atom. The molecule has 1 saturated carbocycles. The summed E-state index contributed by atoms with van der Waals surface area (Å²) in [5.74, 6) is -0.581. The van der Waals surface area contributed by atoms with E-state index in [0.29, 0.717) is 24.0 Å². The van der Waals surface area contributed by atoms with E-state index in [1.165, 1.54) is 14.2 Å². The number of carbonyl (C=O) groups is 1. The van der Waals surface area contributed by atoms with Gasteiger partial charge in [0.15, 0.2) is 0 Å². The van der Waals surface area contributed by atoms with E-state index in [1.807, 2.05) is 0 Å². The van der Waals surface area contributed by atoms with Crippen molar-refractivity contribution in [2.24, 2.45) is 5.92 Å². The second-order valence-corrected chi connectivity index (χ2v) is 4.63. The van der Waals surface area contributed by atoms with Crippen molar-refractivity contribution in [3.63, 3.8) is 0 Å². The number of ether oxygens (including phenoxy) is 2. The van der Waals surface area contributed by atoms with Crippen LogP contribution < -0.4 is 14.6 Å². The first-order chi connectivity index (χ1) is 9.15. The van der Waals surface area contributed by atoms with Crippen molar-refractivity contribution in [1.29, 1.82) is 0 Å². The summed E-state index contributed by atoms with van der Waals surface area (Å²) in [6.45, 7) is 0. The number of carbonyl (C=O) groups excluding carboxylic acids is 1. The highest BCUT2D eigenvalue weighted by Crippen LogP contribution is 2.37. The van der Waals surface area contributed by atoms with E-state index < -0.39 is 11.9 Å². The van der Waals surface area contributed by atoms with Crippen molar-refractivity contribution < 1.29 is 19.4 Å². The Morgan fingerprint density at radius 3 is 2.32 bits per heavy atom. The molecule has 6 nitrogen and oxygen atoms in total. The smallest absolute Gasteiger partial charge is 0.220 e. The molecular weight excluding hydrogens is 248 g/mol. The van der Waals surface area contributed by atoms with Crippen LogP contribution >= 0.6 is 0 Å². The third kappa shape index (κ3) is 2.94. The van der Waals surface area contributed by atoms with E-state index in [4.69, 9.17) is 9.47 Å². The predicted octanol–water partition coefficient (Wildman–Crippen LogP) is 0.517. The SMILES string of the molecule is COc1cc(OC)nc([C@@H]2CCCC[C@H]2C(=O)[O-])n1. The lowest BCUT2D eigenvalue weighted by atomic mass is 9.79. The molecule has 104 valence electrons. The molecule has 0 aromatic carbocycles. The summed E-state index contributed by atoms with van der Waals surface area (Å²) in [4.78, 5) is 19.7. The van der Waals surface area contributed by atoms with Gasteiger partial charge in [0.1, 0.15) is 5.82 Å². The molecule has 1 aliphatic carbocycles. The molecule has 0 aliphatic heterocycles. The summed E-state index contributed by atoms with van der Waals surface area (Å²) in [5.41, 5.74) is 0. The standard InChI is InChI=1S/C13H18N2O4/c1-18-10-7-11(19-2)15-12(14-10)8-5-3-4-6-9(8)13(16)17/h7-9H,3-6H2,1-2H3,(H,16,17)/p-1/t8-,9-/m1/s1. The summed E-state index contributed by atoms with van der Waals surface area (Å²) >= 11 is 0. The van der Waals surface area contributed by atoms with Crippen LogP contribution in [0, 0.1) is 5.92 Å². The molecule has 2 rings (SSSR count). The molecule has 1 aliphatic rings. The van der Waals surface area contributed by atoms with Crippen molar-refractivity contribution in [3.05, 3.63) is 11.9 Å². The molecule has 1 fully saturated rings. The molecule has 1 heterocycles. The summed E-state index contributed by atoms with van der Waals surface area (Å²) in [5, 5.41) is 11.2. The van der Waals surface area contributed by atoms with Crippen molar-refractivity contribution >= 4 is 5.97 Å². The second-order valence-electron chi connectivity index (χ2n) is 4.63. The lowest BCUT2D eigenvalue weighted by Crippen LogP contribution is -2.37. The van der Waals surface area contributed by atoms with Crippen LogP contribution in [-0.4, -0.2) is 30.2 Å². The van der Waals surface area contributed by atoms with Gasteiger partial charge in [-0.2, -0.15) is 9.97 Å². The van der Waals surface area contributed by atoms with Crippen LogP contribution in [0.4, 0.5) is 0 Å². The number of hydrogen-bond donors (Lipinski definition) is 0. The highest BCUT2D eigenvalue weighted by Gasteiger charge is 2.30. The van der Waals surface area contributed by atoms with Crippen LogP contribution in [0.1, 0.15) is 37.4 Å². The fourth-order valence-electron chi connectivity index (χ4n) is 2.52. The van der Waals surface area contributed by atoms with E-state index in [1.54, 1.807) is 6.07 Å². The van der Waals surface area contributed by atoms with E-state index in [-0.39, 0.29) is 5.92 Å². The number of aromatic nitrogens is 2. The normalized spacial score (nSPS) is 22.8. The minimum atomic E-state index is -1.03. The zero-order valence-electron chi connectivity index (χ0n) is 11.1. The number of rotatable bonds is 4. The van der Waals surface area contributed by atoms with Crippen molar-refractivity contribution in [2.75, 3.05) is 14.2 Å². The maximum atomic E-state index is 11.2. The van der Waals surface area contributed by atoms with Gasteiger partial charge in [0, 0.05) is 17.8 Å². The lowest BCUT2D eigenvalue weighted by Gasteiger charge is -2.31. The van der Waals surface area contributed by atoms with Crippen LogP contribution in [0.15, 0.2) is 6.07 Å². The van der Waals surface area contributed by atoms with Crippen molar-refractivity contribution in [2.45, 2.75) is 31.6 Å². The molecule has 1 aromatic rings. The van der Waals surface area contributed by atoms with Crippen molar-refractivity contribution in [1.82, 2.24) is 9.97 Å². The Kier molecular flexibility index (Phi) is 4.19. The first-order valence-electron chi connectivity index (χ1n) is 6.33. The zero-order chi connectivity index (χ0) is 13.8. The molecule has 0 N–H and O–H groups in total. The van der Waals surface area contributed by atoms with Gasteiger partial charge in [-0.15, -0.1) is 0 Å². The Hall–Kier alpha value is -1.85. The van der Waals surface area contributed by atoms with Gasteiger partial charge in [-0.25, -0.2) is 0 Å². The Labute approximate surface area is 111 Å². The van der Waals surface area contributed by atoms with E-state index in [9.17, 15) is 9.90 Å². The van der Waals surface area contributed by atoms with Gasteiger partial charge in [-0.05, 0) is 12.8 Å². The summed E-state index contributed by atoms with van der Waals surface area (Å²) in [7, 11) is 3.01. The average molecular weight is 265 g/mol. The molecule has 6 heteroatoms. The van der Waals surface area contributed by atoms with Gasteiger partial charge in [0.25, 0.3) is 0 Å². The number of methoxy groups -OCH3 is 2. The summed E-state index contributed by atoms with van der Waals surface area (Å²) < 4.78 is 10.2. The van der Waals surface area contributed by atoms with Crippen LogP contribution in [0.2, 0.25) is 0 Å². The minimum Gasteiger partial charge on any atom is -0.550 e. The number of nitrogens with zero attached hydrogens (tertiary/aromatic N) is 2. The molecule has 0 bridgehead atoms. The van der Waals surface area contributed by atoms with E-state index >= 15 is 0 Å². The maximum Gasteiger partial charge on any atom is 0.220 e. The van der Waals surface area contributed by atoms with Gasteiger partial charge in [0.2, 0.25) is 11.8 Å². The minimum absolute atomic E-state index is 0.234. The van der Waals surface area contributed by atoms with Gasteiger partial charge >= 0.3 is 0 Å². The monoisotopic (exact) mass is 265 g/mol. The highest BCUT2D eigenvalue weighted by atomic mass is 16.5. The molecule has 0 amide bonds. The first kappa shape index (κ1) is 13.6. The molecule has 0 unspecified atom stereocenters. The molecule has 2 atom stereocenters. The molecular formula is C13H17N2O4-. The fourth-order valence-corrected chi connectivity index (χ4v) is 2.52. The lowest BCUT2D eigenvalue weighted by molar-refractivity contribution is -0.313. The molecule has 1 aromatic heterocycles. The predicted molar refractivity (Wildman–Crippen MR) is 64.8 cm³/mol. The zero-order valence-corrected chi connectivity index (χ0v) is 11.1. The topological polar surface area (TPSA) is 84.4 Å². The largest absolute Gasteiger partial charge is 0.550 e. The number of hydrogen-bond acceptors (Lipinski definition) is 6. The van der Waals surface area contributed by atoms with Crippen LogP contribution in [0.3, 0.4) is 0 Å². The first-order valence-corrected chi connectivity index (χ1v) is 6.33. The third-order valence-electron chi connectivity index (χ3n) is 3.52. The third-order valence-corrected chi connectivity index (χ3v) is 3.52. The van der Waals surface area contributed by atoms with Gasteiger partial charge in [0.05, 0.1) is 20.3 Å². The van der Waals surface area contributed by atoms with Crippen LogP contribution in [0.5, 0.6) is 11.8 Å². The number of carboxylic acids is 1. The number of aliphatic carboxylic acids is 1. The van der Waals surface area contributed by atoms with Crippen molar-refractivity contribution in [3.8, 4) is 11.8 Å². The Bertz CT molecular complexity index is 442. The summed E-state index contributed by atoms with van der Waals surface area (Å²) in [6, 6.07) is 1.57. The second kappa shape index (κ2) is 5.86. The number of carboxylic acid groups (broad SMARTS) is 1. The Morgan fingerprint density at radius 2 is 1.79 bits per heavy atom. The quantitative estimate of drug-likeness (QED) is 0.789. The summed E-state index contributed by atoms with van der Waals surface area (Å²) in [6.07, 6.45) is 3.22. The molecule has 0 radical (unpaired) electrons. The average Bonchev–Trinajstić information content (AvgIpc) is 2.46. The van der Waals surface area contributed by atoms with Gasteiger partial charge < -0.3 is 19.4 Å². The van der Waals surface area contributed by atoms with E-state index in [0.717, 1.165) is 19.3 Å². The Balaban J connectivity index is 2.35. The fraction of sp³-hybridized carbons (Fsp3) is 0.615. The van der Waals surface area contributed by atoms with E-state index in [2.05, 4.69) is 9.97 Å². The van der Waals surface area contributed by atoms with Gasteiger partial charge in [-0.3, -0.25) is 0 Å². The van der Waals surface area contributed by atoms with Crippen LogP contribution in [-0.2, 0) is 4.79 Å². The molecule has 0 saturated heterocycles. The highest BCUT2D eigenvalue weighted by molar-refractivity contribution is 5.69. The van der Waals surface area contributed by atoms with Crippen LogP contribution in [0.25, 0.3) is 0 Å². The molecule has 19 heavy (non-hydrogen) atoms.